The van der Waals surface area contributed by atoms with E-state index in [4.69, 9.17) is 10.5 Å². The van der Waals surface area contributed by atoms with Crippen LogP contribution < -0.4 is 10.5 Å². The number of ether oxygens (including phenoxy) is 1. The highest BCUT2D eigenvalue weighted by Gasteiger charge is 2.27. The monoisotopic (exact) mass is 278 g/mol. The Bertz CT molecular complexity index is 464. The van der Waals surface area contributed by atoms with E-state index in [0.29, 0.717) is 31.8 Å². The van der Waals surface area contributed by atoms with Crippen molar-refractivity contribution < 1.29 is 14.6 Å². The molecule has 1 aromatic rings. The first-order valence-electron chi connectivity index (χ1n) is 6.98. The molecule has 3 N–H and O–H groups in total. The zero-order valence-corrected chi connectivity index (χ0v) is 11.8. The Kier molecular flexibility index (Phi) is 4.98. The van der Waals surface area contributed by atoms with Gasteiger partial charge in [0.05, 0.1) is 6.10 Å². The van der Waals surface area contributed by atoms with E-state index in [-0.39, 0.29) is 24.5 Å². The molecular weight excluding hydrogens is 256 g/mol. The van der Waals surface area contributed by atoms with E-state index in [1.54, 1.807) is 4.90 Å². The third-order valence-corrected chi connectivity index (χ3v) is 3.76. The zero-order valence-electron chi connectivity index (χ0n) is 11.8. The highest BCUT2D eigenvalue weighted by Crippen LogP contribution is 2.19. The van der Waals surface area contributed by atoms with Crippen molar-refractivity contribution in [2.75, 3.05) is 19.7 Å². The normalized spacial score (nSPS) is 22.6. The van der Waals surface area contributed by atoms with Crippen molar-refractivity contribution in [1.29, 1.82) is 0 Å². The number of nitrogens with two attached hydrogens (primary N) is 1. The minimum atomic E-state index is -0.307. The number of rotatable bonds is 4. The molecule has 20 heavy (non-hydrogen) atoms. The first-order valence-corrected chi connectivity index (χ1v) is 6.98. The van der Waals surface area contributed by atoms with Crippen LogP contribution in [0.3, 0.4) is 0 Å². The zero-order chi connectivity index (χ0) is 14.5. The lowest BCUT2D eigenvalue weighted by Gasteiger charge is -2.34. The van der Waals surface area contributed by atoms with E-state index in [9.17, 15) is 9.90 Å². The number of nitrogens with zero attached hydrogens (tertiary/aromatic N) is 1. The van der Waals surface area contributed by atoms with Gasteiger partial charge in [0.25, 0.3) is 5.91 Å². The number of aliphatic hydroxyl groups is 1. The maximum absolute atomic E-state index is 12.1. The van der Waals surface area contributed by atoms with E-state index in [0.717, 1.165) is 5.56 Å². The van der Waals surface area contributed by atoms with Gasteiger partial charge in [0.1, 0.15) is 5.75 Å². The van der Waals surface area contributed by atoms with Crippen LogP contribution in [0.1, 0.15) is 18.9 Å². The minimum absolute atomic E-state index is 0.0137. The number of aliphatic hydroxyl groups excluding tert-OH is 1. The Labute approximate surface area is 119 Å². The quantitative estimate of drug-likeness (QED) is 0.852. The third-order valence-electron chi connectivity index (χ3n) is 3.76. The number of carbonyl (C=O) groups is 1. The Balaban J connectivity index is 1.89. The number of piperidine rings is 1. The molecule has 110 valence electrons. The van der Waals surface area contributed by atoms with Crippen LogP contribution in [0.5, 0.6) is 5.75 Å². The molecule has 1 aliphatic heterocycles. The van der Waals surface area contributed by atoms with E-state index < -0.39 is 0 Å². The van der Waals surface area contributed by atoms with Crippen LogP contribution in [0.4, 0.5) is 0 Å². The molecule has 1 fully saturated rings. The highest BCUT2D eigenvalue weighted by molar-refractivity contribution is 5.78. The fourth-order valence-electron chi connectivity index (χ4n) is 2.40. The van der Waals surface area contributed by atoms with Gasteiger partial charge in [-0.05, 0) is 18.4 Å². The molecule has 5 heteroatoms. The van der Waals surface area contributed by atoms with Crippen LogP contribution in [0.25, 0.3) is 0 Å². The van der Waals surface area contributed by atoms with Gasteiger partial charge in [0.2, 0.25) is 0 Å². The third kappa shape index (κ3) is 3.49. The molecule has 0 aliphatic carbocycles. The van der Waals surface area contributed by atoms with Gasteiger partial charge < -0.3 is 20.5 Å². The molecule has 0 aromatic heterocycles. The molecule has 2 atom stereocenters. The molecule has 5 nitrogen and oxygen atoms in total. The van der Waals surface area contributed by atoms with Crippen molar-refractivity contribution in [2.45, 2.75) is 26.0 Å². The average molecular weight is 278 g/mol. The second kappa shape index (κ2) is 6.72. The largest absolute Gasteiger partial charge is 0.483 e. The molecule has 1 aliphatic rings. The number of carbonyl (C=O) groups excluding carboxylic acids is 1. The summed E-state index contributed by atoms with van der Waals surface area (Å²) in [4.78, 5) is 13.9. The molecule has 1 heterocycles. The van der Waals surface area contributed by atoms with E-state index in [1.807, 2.05) is 31.2 Å². The van der Waals surface area contributed by atoms with Gasteiger partial charge in [-0.25, -0.2) is 0 Å². The summed E-state index contributed by atoms with van der Waals surface area (Å²) in [5.74, 6) is 0.730. The topological polar surface area (TPSA) is 75.8 Å². The van der Waals surface area contributed by atoms with E-state index >= 15 is 0 Å². The summed E-state index contributed by atoms with van der Waals surface area (Å²) < 4.78 is 5.57. The van der Waals surface area contributed by atoms with Crippen molar-refractivity contribution in [2.24, 2.45) is 11.7 Å². The van der Waals surface area contributed by atoms with Gasteiger partial charge in [0, 0.05) is 25.2 Å². The Hall–Kier alpha value is -1.59. The molecule has 1 aromatic carbocycles. The van der Waals surface area contributed by atoms with Crippen LogP contribution in [-0.2, 0) is 11.3 Å². The standard InChI is InChI=1S/C15H22N2O3/c1-11-9-17(7-6-13(11)18)15(19)10-20-14-5-3-2-4-12(14)8-16/h2-5,11,13,18H,6-10,16H2,1H3. The number of para-hydroxylation sites is 1. The lowest BCUT2D eigenvalue weighted by Crippen LogP contribution is -2.46. The molecule has 0 bridgehead atoms. The molecule has 0 radical (unpaired) electrons. The van der Waals surface area contributed by atoms with Gasteiger partial charge in [-0.3, -0.25) is 4.79 Å². The van der Waals surface area contributed by atoms with Crippen molar-refractivity contribution in [1.82, 2.24) is 4.90 Å². The first-order chi connectivity index (χ1) is 9.61. The minimum Gasteiger partial charge on any atom is -0.483 e. The number of amides is 1. The summed E-state index contributed by atoms with van der Waals surface area (Å²) in [7, 11) is 0. The van der Waals surface area contributed by atoms with Crippen LogP contribution in [0.2, 0.25) is 0 Å². The van der Waals surface area contributed by atoms with Gasteiger partial charge in [-0.15, -0.1) is 0 Å². The summed E-state index contributed by atoms with van der Waals surface area (Å²) in [6.45, 7) is 3.53. The summed E-state index contributed by atoms with van der Waals surface area (Å²) in [6.07, 6.45) is 0.324. The van der Waals surface area contributed by atoms with Gasteiger partial charge in [0.15, 0.2) is 6.61 Å². The molecule has 0 spiro atoms. The lowest BCUT2D eigenvalue weighted by atomic mass is 9.97. The van der Waals surface area contributed by atoms with Gasteiger partial charge in [-0.2, -0.15) is 0 Å². The molecule has 2 rings (SSSR count). The van der Waals surface area contributed by atoms with Crippen LogP contribution in [0.15, 0.2) is 24.3 Å². The van der Waals surface area contributed by atoms with Crippen molar-refractivity contribution in [3.8, 4) is 5.75 Å². The molecule has 1 amide bonds. The smallest absolute Gasteiger partial charge is 0.260 e. The summed E-state index contributed by atoms with van der Waals surface area (Å²) in [5.41, 5.74) is 6.52. The second-order valence-electron chi connectivity index (χ2n) is 5.27. The maximum atomic E-state index is 12.1. The number of hydrogen-bond acceptors (Lipinski definition) is 4. The van der Waals surface area contributed by atoms with Gasteiger partial charge in [-0.1, -0.05) is 25.1 Å². The predicted octanol–water partition coefficient (Wildman–Crippen LogP) is 0.753. The SMILES string of the molecule is CC1CN(C(=O)COc2ccccc2CN)CCC1O. The molecule has 0 saturated carbocycles. The highest BCUT2D eigenvalue weighted by atomic mass is 16.5. The summed E-state index contributed by atoms with van der Waals surface area (Å²) >= 11 is 0. The number of benzene rings is 1. The molecular formula is C15H22N2O3. The summed E-state index contributed by atoms with van der Waals surface area (Å²) in [6, 6.07) is 7.46. The fraction of sp³-hybridized carbons (Fsp3) is 0.533. The van der Waals surface area contributed by atoms with Gasteiger partial charge >= 0.3 is 0 Å². The Morgan fingerprint density at radius 3 is 2.95 bits per heavy atom. The van der Waals surface area contributed by atoms with Crippen LogP contribution in [0, 0.1) is 5.92 Å². The molecule has 1 saturated heterocycles. The Morgan fingerprint density at radius 2 is 2.25 bits per heavy atom. The van der Waals surface area contributed by atoms with E-state index in [2.05, 4.69) is 0 Å². The average Bonchev–Trinajstić information content (AvgIpc) is 2.47. The van der Waals surface area contributed by atoms with Crippen LogP contribution >= 0.6 is 0 Å². The first kappa shape index (κ1) is 14.8. The molecule has 2 unspecified atom stereocenters. The number of likely N-dealkylation sites (tertiary alicyclic amines) is 1. The predicted molar refractivity (Wildman–Crippen MR) is 76.2 cm³/mol. The van der Waals surface area contributed by atoms with Crippen molar-refractivity contribution in [3.05, 3.63) is 29.8 Å². The van der Waals surface area contributed by atoms with Crippen LogP contribution in [-0.4, -0.2) is 41.7 Å². The van der Waals surface area contributed by atoms with Crippen molar-refractivity contribution >= 4 is 5.91 Å². The summed E-state index contributed by atoms with van der Waals surface area (Å²) in [5, 5.41) is 9.67. The van der Waals surface area contributed by atoms with Crippen molar-refractivity contribution in [3.63, 3.8) is 0 Å². The maximum Gasteiger partial charge on any atom is 0.260 e. The number of hydrogen-bond donors (Lipinski definition) is 2. The second-order valence-corrected chi connectivity index (χ2v) is 5.27. The Morgan fingerprint density at radius 1 is 1.50 bits per heavy atom. The van der Waals surface area contributed by atoms with E-state index in [1.165, 1.54) is 0 Å². The fourth-order valence-corrected chi connectivity index (χ4v) is 2.40. The lowest BCUT2D eigenvalue weighted by molar-refractivity contribution is -0.136.